The SMILES string of the molecule is COC(C)CNC1CCc2cc(NC(=O)OC(C)(C)C)ccc21. The zero-order chi connectivity index (χ0) is 17.0. The maximum Gasteiger partial charge on any atom is 0.412 e. The summed E-state index contributed by atoms with van der Waals surface area (Å²) in [6, 6.07) is 6.42. The molecule has 0 radical (unpaired) electrons. The fourth-order valence-corrected chi connectivity index (χ4v) is 2.72. The summed E-state index contributed by atoms with van der Waals surface area (Å²) < 4.78 is 10.6. The van der Waals surface area contributed by atoms with Crippen LogP contribution in [0.3, 0.4) is 0 Å². The number of nitrogens with one attached hydrogen (secondary N) is 2. The van der Waals surface area contributed by atoms with Crippen LogP contribution in [-0.4, -0.2) is 31.5 Å². The van der Waals surface area contributed by atoms with Crippen LogP contribution in [0.2, 0.25) is 0 Å². The van der Waals surface area contributed by atoms with Gasteiger partial charge >= 0.3 is 6.09 Å². The van der Waals surface area contributed by atoms with Gasteiger partial charge in [0, 0.05) is 25.4 Å². The Morgan fingerprint density at radius 3 is 2.78 bits per heavy atom. The van der Waals surface area contributed by atoms with Crippen LogP contribution in [0.25, 0.3) is 0 Å². The Kier molecular flexibility index (Phi) is 5.65. The van der Waals surface area contributed by atoms with Gasteiger partial charge in [-0.15, -0.1) is 0 Å². The molecule has 0 spiro atoms. The number of amides is 1. The molecule has 2 atom stereocenters. The summed E-state index contributed by atoms with van der Waals surface area (Å²) >= 11 is 0. The number of rotatable bonds is 5. The minimum atomic E-state index is -0.492. The predicted octanol–water partition coefficient (Wildman–Crippen LogP) is 3.65. The molecule has 1 aliphatic carbocycles. The maximum atomic E-state index is 11.8. The van der Waals surface area contributed by atoms with E-state index >= 15 is 0 Å². The van der Waals surface area contributed by atoms with E-state index in [1.165, 1.54) is 11.1 Å². The van der Waals surface area contributed by atoms with Crippen LogP contribution in [0, 0.1) is 0 Å². The molecule has 0 aromatic heterocycles. The molecule has 1 amide bonds. The van der Waals surface area contributed by atoms with Gasteiger partial charge in [0.25, 0.3) is 0 Å². The lowest BCUT2D eigenvalue weighted by atomic mass is 10.1. The van der Waals surface area contributed by atoms with Gasteiger partial charge in [-0.3, -0.25) is 5.32 Å². The van der Waals surface area contributed by atoms with E-state index in [0.29, 0.717) is 6.04 Å². The van der Waals surface area contributed by atoms with Crippen LogP contribution in [0.1, 0.15) is 51.3 Å². The van der Waals surface area contributed by atoms with Crippen LogP contribution < -0.4 is 10.6 Å². The first-order valence-corrected chi connectivity index (χ1v) is 8.17. The van der Waals surface area contributed by atoms with Gasteiger partial charge in [-0.2, -0.15) is 0 Å². The summed E-state index contributed by atoms with van der Waals surface area (Å²) in [4.78, 5) is 11.8. The van der Waals surface area contributed by atoms with Crippen molar-refractivity contribution < 1.29 is 14.3 Å². The zero-order valence-electron chi connectivity index (χ0n) is 14.7. The Labute approximate surface area is 138 Å². The van der Waals surface area contributed by atoms with E-state index in [1.807, 2.05) is 32.9 Å². The summed E-state index contributed by atoms with van der Waals surface area (Å²) in [5.41, 5.74) is 2.88. The van der Waals surface area contributed by atoms with Crippen molar-refractivity contribution in [1.29, 1.82) is 0 Å². The number of anilines is 1. The molecule has 1 aromatic carbocycles. The van der Waals surface area contributed by atoms with Gasteiger partial charge in [0.2, 0.25) is 0 Å². The molecule has 23 heavy (non-hydrogen) atoms. The molecule has 128 valence electrons. The van der Waals surface area contributed by atoms with Crippen molar-refractivity contribution in [1.82, 2.24) is 5.32 Å². The molecule has 0 saturated heterocycles. The Hall–Kier alpha value is -1.59. The molecule has 2 unspecified atom stereocenters. The molecule has 2 N–H and O–H groups in total. The second-order valence-corrected chi connectivity index (χ2v) is 7.09. The molecule has 0 bridgehead atoms. The minimum absolute atomic E-state index is 0.201. The van der Waals surface area contributed by atoms with Crippen LogP contribution in [-0.2, 0) is 15.9 Å². The fourth-order valence-electron chi connectivity index (χ4n) is 2.72. The van der Waals surface area contributed by atoms with E-state index in [-0.39, 0.29) is 6.10 Å². The third-order valence-corrected chi connectivity index (χ3v) is 3.92. The molecule has 1 aliphatic rings. The van der Waals surface area contributed by atoms with E-state index in [4.69, 9.17) is 9.47 Å². The quantitative estimate of drug-likeness (QED) is 0.869. The number of ether oxygens (including phenoxy) is 2. The van der Waals surface area contributed by atoms with Crippen LogP contribution >= 0.6 is 0 Å². The summed E-state index contributed by atoms with van der Waals surface area (Å²) in [5, 5.41) is 6.34. The van der Waals surface area contributed by atoms with Crippen molar-refractivity contribution in [2.75, 3.05) is 19.0 Å². The Morgan fingerprint density at radius 1 is 1.39 bits per heavy atom. The van der Waals surface area contributed by atoms with Gasteiger partial charge < -0.3 is 14.8 Å². The number of aryl methyl sites for hydroxylation is 1. The first-order valence-electron chi connectivity index (χ1n) is 8.17. The highest BCUT2D eigenvalue weighted by molar-refractivity contribution is 5.85. The molecule has 0 aliphatic heterocycles. The highest BCUT2D eigenvalue weighted by Crippen LogP contribution is 2.33. The van der Waals surface area contributed by atoms with Gasteiger partial charge in [-0.1, -0.05) is 6.07 Å². The second-order valence-electron chi connectivity index (χ2n) is 7.09. The Morgan fingerprint density at radius 2 is 2.13 bits per heavy atom. The van der Waals surface area contributed by atoms with E-state index in [1.54, 1.807) is 7.11 Å². The van der Waals surface area contributed by atoms with Crippen molar-refractivity contribution in [2.24, 2.45) is 0 Å². The molecule has 0 heterocycles. The Balaban J connectivity index is 1.97. The lowest BCUT2D eigenvalue weighted by molar-refractivity contribution is 0.0636. The van der Waals surface area contributed by atoms with Crippen molar-refractivity contribution in [3.05, 3.63) is 29.3 Å². The summed E-state index contributed by atoms with van der Waals surface area (Å²) in [7, 11) is 1.73. The molecule has 0 saturated carbocycles. The largest absolute Gasteiger partial charge is 0.444 e. The van der Waals surface area contributed by atoms with Crippen LogP contribution in [0.15, 0.2) is 18.2 Å². The lowest BCUT2D eigenvalue weighted by Crippen LogP contribution is -2.28. The number of fused-ring (bicyclic) bond motifs is 1. The van der Waals surface area contributed by atoms with Gasteiger partial charge in [0.05, 0.1) is 6.10 Å². The van der Waals surface area contributed by atoms with Crippen LogP contribution in [0.5, 0.6) is 0 Å². The molecule has 0 fully saturated rings. The number of benzene rings is 1. The minimum Gasteiger partial charge on any atom is -0.444 e. The zero-order valence-corrected chi connectivity index (χ0v) is 14.7. The first-order chi connectivity index (χ1) is 10.8. The fraction of sp³-hybridized carbons (Fsp3) is 0.611. The molecular weight excluding hydrogens is 292 g/mol. The smallest absolute Gasteiger partial charge is 0.412 e. The van der Waals surface area contributed by atoms with Crippen molar-refractivity contribution in [2.45, 2.75) is 58.3 Å². The molecule has 5 nitrogen and oxygen atoms in total. The molecule has 1 aromatic rings. The average Bonchev–Trinajstić information content (AvgIpc) is 2.85. The van der Waals surface area contributed by atoms with Crippen molar-refractivity contribution >= 4 is 11.8 Å². The number of carbonyl (C=O) groups is 1. The summed E-state index contributed by atoms with van der Waals surface area (Å²) in [6.45, 7) is 8.45. The summed E-state index contributed by atoms with van der Waals surface area (Å²) in [6.07, 6.45) is 1.87. The lowest BCUT2D eigenvalue weighted by Gasteiger charge is -2.20. The number of methoxy groups -OCH3 is 1. The first kappa shape index (κ1) is 17.8. The molecule has 5 heteroatoms. The monoisotopic (exact) mass is 320 g/mol. The third-order valence-electron chi connectivity index (χ3n) is 3.92. The van der Waals surface area contributed by atoms with E-state index in [9.17, 15) is 4.79 Å². The highest BCUT2D eigenvalue weighted by atomic mass is 16.6. The van der Waals surface area contributed by atoms with Gasteiger partial charge in [-0.25, -0.2) is 4.79 Å². The second kappa shape index (κ2) is 7.32. The van der Waals surface area contributed by atoms with Crippen molar-refractivity contribution in [3.63, 3.8) is 0 Å². The van der Waals surface area contributed by atoms with Gasteiger partial charge in [-0.05, 0) is 63.8 Å². The molecule has 2 rings (SSSR count). The summed E-state index contributed by atoms with van der Waals surface area (Å²) in [5.74, 6) is 0. The maximum absolute atomic E-state index is 11.8. The Bertz CT molecular complexity index is 552. The average molecular weight is 320 g/mol. The van der Waals surface area contributed by atoms with Gasteiger partial charge in [0.15, 0.2) is 0 Å². The molecular formula is C18H28N2O3. The van der Waals surface area contributed by atoms with E-state index in [2.05, 4.69) is 23.6 Å². The van der Waals surface area contributed by atoms with E-state index < -0.39 is 11.7 Å². The van der Waals surface area contributed by atoms with E-state index in [0.717, 1.165) is 25.1 Å². The third kappa shape index (κ3) is 5.22. The van der Waals surface area contributed by atoms with Gasteiger partial charge in [0.1, 0.15) is 5.60 Å². The normalized spacial score (nSPS) is 18.4. The number of hydrogen-bond acceptors (Lipinski definition) is 4. The van der Waals surface area contributed by atoms with Crippen molar-refractivity contribution in [3.8, 4) is 0 Å². The topological polar surface area (TPSA) is 59.6 Å². The highest BCUT2D eigenvalue weighted by Gasteiger charge is 2.23. The number of hydrogen-bond donors (Lipinski definition) is 2. The predicted molar refractivity (Wildman–Crippen MR) is 91.8 cm³/mol. The standard InChI is InChI=1S/C18H28N2O3/c1-12(22-5)11-19-16-9-6-13-10-14(7-8-15(13)16)20-17(21)23-18(2,3)4/h7-8,10,12,16,19H,6,9,11H2,1-5H3,(H,20,21). The van der Waals surface area contributed by atoms with Crippen LogP contribution in [0.4, 0.5) is 10.5 Å². The number of carbonyl (C=O) groups excluding carboxylic acids is 1.